The van der Waals surface area contributed by atoms with Gasteiger partial charge in [-0.25, -0.2) is 0 Å². The molecule has 1 aliphatic heterocycles. The summed E-state index contributed by atoms with van der Waals surface area (Å²) in [6, 6.07) is 14.8. The Morgan fingerprint density at radius 2 is 1.82 bits per heavy atom. The van der Waals surface area contributed by atoms with E-state index in [1.165, 1.54) is 19.2 Å². The summed E-state index contributed by atoms with van der Waals surface area (Å²) in [5, 5.41) is 13.1. The Kier molecular flexibility index (Phi) is 8.08. The first kappa shape index (κ1) is 26.8. The Hall–Kier alpha value is -4.22. The van der Waals surface area contributed by atoms with Crippen molar-refractivity contribution >= 4 is 17.6 Å². The molecule has 0 spiro atoms. The molecule has 1 aromatic heterocycles. The molecule has 1 aliphatic rings. The van der Waals surface area contributed by atoms with Crippen molar-refractivity contribution in [1.82, 2.24) is 9.97 Å². The number of methoxy groups -OCH3 is 2. The van der Waals surface area contributed by atoms with E-state index in [0.29, 0.717) is 36.9 Å². The second-order valence-corrected chi connectivity index (χ2v) is 8.66. The molecule has 0 saturated carbocycles. The maximum atomic E-state index is 12.3. The molecule has 202 valence electrons. The zero-order valence-corrected chi connectivity index (χ0v) is 20.7. The lowest BCUT2D eigenvalue weighted by Gasteiger charge is -2.20. The smallest absolute Gasteiger partial charge is 0.496 e. The quantitative estimate of drug-likeness (QED) is 0.394. The van der Waals surface area contributed by atoms with E-state index in [-0.39, 0.29) is 24.2 Å². The first-order valence-corrected chi connectivity index (χ1v) is 11.8. The van der Waals surface area contributed by atoms with Gasteiger partial charge in [0.15, 0.2) is 0 Å². The summed E-state index contributed by atoms with van der Waals surface area (Å²) in [6.07, 6.45) is -4.23. The third kappa shape index (κ3) is 6.55. The SMILES string of the molecule is COc1nc(NCCc2ccc(OC(F)(F)F)cc2)cc(N2CC(C(=O)O)[C@H](c3ccccc3OC)C2)n1. The number of hydrogen-bond donors (Lipinski definition) is 2. The number of rotatable bonds is 10. The third-order valence-electron chi connectivity index (χ3n) is 6.25. The highest BCUT2D eigenvalue weighted by Crippen LogP contribution is 2.39. The number of carbonyl (C=O) groups is 1. The highest BCUT2D eigenvalue weighted by Gasteiger charge is 2.40. The second-order valence-electron chi connectivity index (χ2n) is 8.66. The number of nitrogens with zero attached hydrogens (tertiary/aromatic N) is 3. The molecule has 0 amide bonds. The normalized spacial score (nSPS) is 17.2. The number of nitrogens with one attached hydrogen (secondary N) is 1. The van der Waals surface area contributed by atoms with Gasteiger partial charge < -0.3 is 29.5 Å². The highest BCUT2D eigenvalue weighted by atomic mass is 19.4. The molecule has 1 unspecified atom stereocenters. The fourth-order valence-corrected chi connectivity index (χ4v) is 4.48. The molecule has 9 nitrogen and oxygen atoms in total. The average molecular weight is 533 g/mol. The Labute approximate surface area is 217 Å². The van der Waals surface area contributed by atoms with Crippen molar-refractivity contribution in [3.05, 3.63) is 65.7 Å². The van der Waals surface area contributed by atoms with Crippen LogP contribution in [0.3, 0.4) is 0 Å². The van der Waals surface area contributed by atoms with Crippen molar-refractivity contribution in [2.75, 3.05) is 44.1 Å². The molecule has 2 atom stereocenters. The molecule has 1 saturated heterocycles. The number of para-hydroxylation sites is 1. The maximum Gasteiger partial charge on any atom is 0.573 e. The second kappa shape index (κ2) is 11.4. The van der Waals surface area contributed by atoms with E-state index in [1.807, 2.05) is 29.2 Å². The molecule has 2 N–H and O–H groups in total. The Bertz CT molecular complexity index is 1260. The van der Waals surface area contributed by atoms with Crippen molar-refractivity contribution in [1.29, 1.82) is 0 Å². The largest absolute Gasteiger partial charge is 0.573 e. The minimum Gasteiger partial charge on any atom is -0.496 e. The zero-order valence-electron chi connectivity index (χ0n) is 20.7. The van der Waals surface area contributed by atoms with Crippen LogP contribution < -0.4 is 24.4 Å². The lowest BCUT2D eigenvalue weighted by atomic mass is 9.88. The predicted octanol–water partition coefficient (Wildman–Crippen LogP) is 4.35. The lowest BCUT2D eigenvalue weighted by Crippen LogP contribution is -2.24. The van der Waals surface area contributed by atoms with E-state index in [9.17, 15) is 23.1 Å². The van der Waals surface area contributed by atoms with Crippen LogP contribution in [-0.2, 0) is 11.2 Å². The van der Waals surface area contributed by atoms with Gasteiger partial charge in [-0.1, -0.05) is 30.3 Å². The molecule has 2 aromatic carbocycles. The van der Waals surface area contributed by atoms with Gasteiger partial charge in [0.2, 0.25) is 0 Å². The number of halogens is 3. The molecule has 2 heterocycles. The minimum atomic E-state index is -4.74. The van der Waals surface area contributed by atoms with Crippen molar-refractivity contribution in [3.63, 3.8) is 0 Å². The van der Waals surface area contributed by atoms with Crippen molar-refractivity contribution < 1.29 is 37.3 Å². The molecular formula is C26H27F3N4O5. The van der Waals surface area contributed by atoms with Gasteiger partial charge in [-0.05, 0) is 35.7 Å². The van der Waals surface area contributed by atoms with Crippen LogP contribution in [0.4, 0.5) is 24.8 Å². The van der Waals surface area contributed by atoms with Gasteiger partial charge >= 0.3 is 18.3 Å². The topological polar surface area (TPSA) is 106 Å². The average Bonchev–Trinajstić information content (AvgIpc) is 3.34. The molecule has 1 fully saturated rings. The Balaban J connectivity index is 1.46. The predicted molar refractivity (Wildman–Crippen MR) is 133 cm³/mol. The summed E-state index contributed by atoms with van der Waals surface area (Å²) >= 11 is 0. The van der Waals surface area contributed by atoms with E-state index in [1.54, 1.807) is 25.3 Å². The standard InChI is InChI=1S/C26H27F3N4O5/c1-36-21-6-4-3-5-18(21)19-14-33(15-20(19)24(34)35)23-13-22(31-25(32-23)37-2)30-12-11-16-7-9-17(10-8-16)38-26(27,28)29/h3-10,13,19-20H,11-12,14-15H2,1-2H3,(H,34,35)(H,30,31,32)/t19-,20?/m0/s1. The van der Waals surface area contributed by atoms with Crippen LogP contribution in [0.25, 0.3) is 0 Å². The van der Waals surface area contributed by atoms with Gasteiger partial charge in [0, 0.05) is 31.6 Å². The van der Waals surface area contributed by atoms with E-state index < -0.39 is 18.2 Å². The molecule has 0 bridgehead atoms. The number of alkyl halides is 3. The number of benzene rings is 2. The zero-order chi connectivity index (χ0) is 27.3. The molecule has 0 aliphatic carbocycles. The van der Waals surface area contributed by atoms with Gasteiger partial charge in [-0.3, -0.25) is 4.79 Å². The van der Waals surface area contributed by atoms with Crippen LogP contribution in [-0.4, -0.2) is 61.3 Å². The number of hydrogen-bond acceptors (Lipinski definition) is 8. The molecule has 3 aromatic rings. The summed E-state index contributed by atoms with van der Waals surface area (Å²) in [7, 11) is 2.99. The first-order chi connectivity index (χ1) is 18.2. The molecule has 0 radical (unpaired) electrons. The van der Waals surface area contributed by atoms with E-state index >= 15 is 0 Å². The third-order valence-corrected chi connectivity index (χ3v) is 6.25. The van der Waals surface area contributed by atoms with Gasteiger partial charge in [0.1, 0.15) is 23.1 Å². The van der Waals surface area contributed by atoms with E-state index in [4.69, 9.17) is 9.47 Å². The summed E-state index contributed by atoms with van der Waals surface area (Å²) in [4.78, 5) is 22.7. The number of ether oxygens (including phenoxy) is 3. The highest BCUT2D eigenvalue weighted by molar-refractivity contribution is 5.74. The summed E-state index contributed by atoms with van der Waals surface area (Å²) < 4.78 is 51.7. The Morgan fingerprint density at radius 3 is 2.47 bits per heavy atom. The van der Waals surface area contributed by atoms with Crippen molar-refractivity contribution in [2.24, 2.45) is 5.92 Å². The van der Waals surface area contributed by atoms with Crippen LogP contribution in [0.2, 0.25) is 0 Å². The van der Waals surface area contributed by atoms with E-state index in [2.05, 4.69) is 20.0 Å². The van der Waals surface area contributed by atoms with Crippen LogP contribution >= 0.6 is 0 Å². The number of carboxylic acids is 1. The van der Waals surface area contributed by atoms with Gasteiger partial charge in [0.05, 0.1) is 20.1 Å². The van der Waals surface area contributed by atoms with Crippen molar-refractivity contribution in [2.45, 2.75) is 18.7 Å². The van der Waals surface area contributed by atoms with Crippen LogP contribution in [0.1, 0.15) is 17.0 Å². The van der Waals surface area contributed by atoms with Gasteiger partial charge in [0.25, 0.3) is 0 Å². The number of aromatic nitrogens is 2. The van der Waals surface area contributed by atoms with Gasteiger partial charge in [-0.2, -0.15) is 9.97 Å². The lowest BCUT2D eigenvalue weighted by molar-refractivity contribution is -0.274. The first-order valence-electron chi connectivity index (χ1n) is 11.8. The summed E-state index contributed by atoms with van der Waals surface area (Å²) in [5.74, 6) is -0.567. The summed E-state index contributed by atoms with van der Waals surface area (Å²) in [5.41, 5.74) is 1.62. The van der Waals surface area contributed by atoms with Crippen LogP contribution in [0, 0.1) is 5.92 Å². The fraction of sp³-hybridized carbons (Fsp3) is 0.346. The fourth-order valence-electron chi connectivity index (χ4n) is 4.48. The number of carboxylic acid groups (broad SMARTS) is 1. The number of aliphatic carboxylic acids is 1. The van der Waals surface area contributed by atoms with Gasteiger partial charge in [-0.15, -0.1) is 13.2 Å². The number of anilines is 2. The van der Waals surface area contributed by atoms with Crippen LogP contribution in [0.15, 0.2) is 54.6 Å². The molecule has 12 heteroatoms. The molecular weight excluding hydrogens is 505 g/mol. The van der Waals surface area contributed by atoms with Crippen molar-refractivity contribution in [3.8, 4) is 17.5 Å². The minimum absolute atomic E-state index is 0.117. The Morgan fingerprint density at radius 1 is 1.08 bits per heavy atom. The monoisotopic (exact) mass is 532 g/mol. The molecule has 38 heavy (non-hydrogen) atoms. The maximum absolute atomic E-state index is 12.3. The van der Waals surface area contributed by atoms with Crippen LogP contribution in [0.5, 0.6) is 17.5 Å². The van der Waals surface area contributed by atoms with E-state index in [0.717, 1.165) is 11.1 Å². The molecule has 4 rings (SSSR count). The summed E-state index contributed by atoms with van der Waals surface area (Å²) in [6.45, 7) is 1.08.